The van der Waals surface area contributed by atoms with Crippen LogP contribution < -0.4 is 14.9 Å². The molecule has 1 aliphatic heterocycles. The van der Waals surface area contributed by atoms with Gasteiger partial charge in [0, 0.05) is 18.3 Å². The molecule has 188 valence electrons. The van der Waals surface area contributed by atoms with Crippen LogP contribution in [0.3, 0.4) is 0 Å². The van der Waals surface area contributed by atoms with Crippen LogP contribution >= 0.6 is 0 Å². The molecule has 36 heavy (non-hydrogen) atoms. The van der Waals surface area contributed by atoms with Gasteiger partial charge in [-0.3, -0.25) is 19.7 Å². The largest absolute Gasteiger partial charge is 0.467 e. The predicted molar refractivity (Wildman–Crippen MR) is 128 cm³/mol. The Hall–Kier alpha value is -4.23. The number of carbonyl (C=O) groups excluding carboxylic acids is 2. The molecule has 13 heteroatoms. The van der Waals surface area contributed by atoms with Gasteiger partial charge in [0.1, 0.15) is 18.0 Å². The minimum Gasteiger partial charge on any atom is -0.467 e. The van der Waals surface area contributed by atoms with Crippen molar-refractivity contribution in [1.82, 2.24) is 4.72 Å². The molecule has 4 rings (SSSR count). The normalized spacial score (nSPS) is 12.7. The maximum absolute atomic E-state index is 12.6. The monoisotopic (exact) mass is 514 g/mol. The number of nitrogens with zero attached hydrogens (tertiary/aromatic N) is 2. The second-order valence-corrected chi connectivity index (χ2v) is 9.55. The Balaban J connectivity index is 1.33. The third kappa shape index (κ3) is 5.70. The number of furan rings is 1. The number of hydrogen-bond donors (Lipinski definition) is 2. The van der Waals surface area contributed by atoms with E-state index in [0.717, 1.165) is 17.3 Å². The molecule has 0 saturated heterocycles. The first-order chi connectivity index (χ1) is 17.2. The molecule has 0 radical (unpaired) electrons. The molecule has 0 atom stereocenters. The Bertz CT molecular complexity index is 1390. The van der Waals surface area contributed by atoms with Gasteiger partial charge in [-0.1, -0.05) is 18.2 Å². The molecule has 1 amide bonds. The number of nitro benzene ring substituents is 1. The summed E-state index contributed by atoms with van der Waals surface area (Å²) in [5, 5.41) is 14.3. The molecule has 1 aliphatic rings. The summed E-state index contributed by atoms with van der Waals surface area (Å²) in [5.74, 6) is -0.858. The van der Waals surface area contributed by atoms with Crippen molar-refractivity contribution in [2.24, 2.45) is 0 Å². The van der Waals surface area contributed by atoms with Crippen molar-refractivity contribution in [3.05, 3.63) is 82.3 Å². The maximum atomic E-state index is 12.6. The number of sulfonamides is 1. The summed E-state index contributed by atoms with van der Waals surface area (Å²) in [6.07, 6.45) is 2.15. The molecule has 1 aromatic heterocycles. The zero-order chi connectivity index (χ0) is 25.7. The van der Waals surface area contributed by atoms with Crippen molar-refractivity contribution < 1.29 is 32.1 Å². The van der Waals surface area contributed by atoms with Crippen molar-refractivity contribution in [2.75, 3.05) is 29.9 Å². The number of nitro groups is 1. The molecule has 12 nitrogen and oxygen atoms in total. The Kier molecular flexibility index (Phi) is 7.31. The summed E-state index contributed by atoms with van der Waals surface area (Å²) < 4.78 is 37.3. The number of para-hydroxylation sites is 1. The average Bonchev–Trinajstić information content (AvgIpc) is 3.54. The fraction of sp³-hybridized carbons (Fsp3) is 0.217. The molecule has 0 unspecified atom stereocenters. The van der Waals surface area contributed by atoms with Crippen LogP contribution in [0.5, 0.6) is 0 Å². The first-order valence-electron chi connectivity index (χ1n) is 10.8. The summed E-state index contributed by atoms with van der Waals surface area (Å²) in [6, 6.07) is 14.0. The molecule has 2 N–H and O–H groups in total. The molecule has 0 spiro atoms. The van der Waals surface area contributed by atoms with Crippen molar-refractivity contribution in [3.8, 4) is 0 Å². The number of rotatable bonds is 10. The van der Waals surface area contributed by atoms with Crippen LogP contribution in [0.15, 0.2) is 70.2 Å². The Labute approximate surface area is 206 Å². The van der Waals surface area contributed by atoms with E-state index in [4.69, 9.17) is 9.15 Å². The molecule has 0 fully saturated rings. The van der Waals surface area contributed by atoms with E-state index in [1.54, 1.807) is 24.3 Å². The second kappa shape index (κ2) is 10.6. The van der Waals surface area contributed by atoms with Gasteiger partial charge in [-0.25, -0.2) is 8.42 Å². The van der Waals surface area contributed by atoms with E-state index in [0.29, 0.717) is 18.7 Å². The van der Waals surface area contributed by atoms with Crippen LogP contribution in [0.25, 0.3) is 0 Å². The number of amides is 1. The smallest absolute Gasteiger partial charge is 0.321 e. The van der Waals surface area contributed by atoms with Gasteiger partial charge in [0.15, 0.2) is 6.61 Å². The number of nitrogens with one attached hydrogen (secondary N) is 2. The number of hydrogen-bond acceptors (Lipinski definition) is 9. The van der Waals surface area contributed by atoms with Crippen LogP contribution in [-0.4, -0.2) is 44.9 Å². The van der Waals surface area contributed by atoms with Gasteiger partial charge in [0.05, 0.1) is 22.6 Å². The van der Waals surface area contributed by atoms with Crippen molar-refractivity contribution in [1.29, 1.82) is 0 Å². The maximum Gasteiger partial charge on any atom is 0.321 e. The quantitative estimate of drug-likeness (QED) is 0.235. The van der Waals surface area contributed by atoms with E-state index in [-0.39, 0.29) is 12.2 Å². The van der Waals surface area contributed by atoms with Gasteiger partial charge < -0.3 is 19.4 Å². The zero-order valence-corrected chi connectivity index (χ0v) is 19.7. The third-order valence-corrected chi connectivity index (χ3v) is 6.86. The SMILES string of the molecule is O=C(CNS(=O)(=O)c1ccc(NCc2ccco2)c([N+](=O)[O-])c1)OCC(=O)N1CCc2ccccc21. The van der Waals surface area contributed by atoms with Gasteiger partial charge in [-0.15, -0.1) is 0 Å². The van der Waals surface area contributed by atoms with E-state index < -0.39 is 50.6 Å². The van der Waals surface area contributed by atoms with Crippen LogP contribution in [0.1, 0.15) is 11.3 Å². The fourth-order valence-electron chi connectivity index (χ4n) is 3.68. The highest BCUT2D eigenvalue weighted by molar-refractivity contribution is 7.89. The van der Waals surface area contributed by atoms with E-state index in [9.17, 15) is 28.1 Å². The minimum atomic E-state index is -4.28. The van der Waals surface area contributed by atoms with Gasteiger partial charge in [-0.2, -0.15) is 4.72 Å². The van der Waals surface area contributed by atoms with E-state index in [2.05, 4.69) is 5.32 Å². The van der Waals surface area contributed by atoms with E-state index >= 15 is 0 Å². The van der Waals surface area contributed by atoms with Gasteiger partial charge >= 0.3 is 5.97 Å². The highest BCUT2D eigenvalue weighted by Crippen LogP contribution is 2.29. The molecule has 0 saturated carbocycles. The fourth-order valence-corrected chi connectivity index (χ4v) is 4.67. The Morgan fingerprint density at radius 2 is 1.94 bits per heavy atom. The lowest BCUT2D eigenvalue weighted by molar-refractivity contribution is -0.384. The minimum absolute atomic E-state index is 0.0942. The number of ether oxygens (including phenoxy) is 1. The first-order valence-corrected chi connectivity index (χ1v) is 12.3. The molecule has 2 heterocycles. The van der Waals surface area contributed by atoms with Gasteiger partial charge in [0.2, 0.25) is 10.0 Å². The van der Waals surface area contributed by atoms with E-state index in [1.165, 1.54) is 23.3 Å². The molecular formula is C23H22N4O8S. The highest BCUT2D eigenvalue weighted by atomic mass is 32.2. The van der Waals surface area contributed by atoms with Crippen molar-refractivity contribution in [3.63, 3.8) is 0 Å². The van der Waals surface area contributed by atoms with Crippen LogP contribution in [-0.2, 0) is 37.3 Å². The molecule has 3 aromatic rings. The Morgan fingerprint density at radius 1 is 1.14 bits per heavy atom. The zero-order valence-electron chi connectivity index (χ0n) is 18.9. The molecule has 0 aliphatic carbocycles. The van der Waals surface area contributed by atoms with Crippen LogP contribution in [0.4, 0.5) is 17.1 Å². The number of carbonyl (C=O) groups is 2. The summed E-state index contributed by atoms with van der Waals surface area (Å²) >= 11 is 0. The standard InChI is InChI=1S/C23H22N4O8S/c28-22(26-10-9-16-4-1-2-6-20(16)26)15-35-23(29)14-25-36(32,33)18-7-8-19(21(12-18)27(30)31)24-13-17-5-3-11-34-17/h1-8,11-12,24-25H,9-10,13-15H2. The number of esters is 1. The second-order valence-electron chi connectivity index (χ2n) is 7.78. The third-order valence-electron chi connectivity index (χ3n) is 5.46. The number of benzene rings is 2. The topological polar surface area (TPSA) is 161 Å². The highest BCUT2D eigenvalue weighted by Gasteiger charge is 2.26. The Morgan fingerprint density at radius 3 is 2.69 bits per heavy atom. The summed E-state index contributed by atoms with van der Waals surface area (Å²) in [6.45, 7) is -0.672. The summed E-state index contributed by atoms with van der Waals surface area (Å²) in [7, 11) is -4.28. The molecule has 0 bridgehead atoms. The lowest BCUT2D eigenvalue weighted by atomic mass is 10.2. The predicted octanol–water partition coefficient (Wildman–Crippen LogP) is 2.21. The number of anilines is 2. The lowest BCUT2D eigenvalue weighted by Crippen LogP contribution is -2.36. The van der Waals surface area contributed by atoms with Crippen molar-refractivity contribution >= 4 is 39.0 Å². The lowest BCUT2D eigenvalue weighted by Gasteiger charge is -2.17. The van der Waals surface area contributed by atoms with Crippen LogP contribution in [0, 0.1) is 10.1 Å². The molecular weight excluding hydrogens is 492 g/mol. The van der Waals surface area contributed by atoms with Gasteiger partial charge in [-0.05, 0) is 42.3 Å². The average molecular weight is 515 g/mol. The summed E-state index contributed by atoms with van der Waals surface area (Å²) in [5.41, 5.74) is 1.39. The first kappa shape index (κ1) is 24.9. The van der Waals surface area contributed by atoms with Crippen molar-refractivity contribution in [2.45, 2.75) is 17.9 Å². The summed E-state index contributed by atoms with van der Waals surface area (Å²) in [4.78, 5) is 36.4. The molecule has 2 aromatic carbocycles. The number of fused-ring (bicyclic) bond motifs is 1. The van der Waals surface area contributed by atoms with Gasteiger partial charge in [0.25, 0.3) is 11.6 Å². The van der Waals surface area contributed by atoms with Crippen LogP contribution in [0.2, 0.25) is 0 Å². The van der Waals surface area contributed by atoms with E-state index in [1.807, 2.05) is 16.9 Å².